The molecule has 1 fully saturated rings. The second-order valence-corrected chi connectivity index (χ2v) is 7.74. The Morgan fingerprint density at radius 1 is 1.25 bits per heavy atom. The fourth-order valence-electron chi connectivity index (χ4n) is 3.81. The van der Waals surface area contributed by atoms with Gasteiger partial charge in [-0.1, -0.05) is 37.1 Å². The molecule has 4 rings (SSSR count). The quantitative estimate of drug-likeness (QED) is 0.662. The Bertz CT molecular complexity index is 996. The molecule has 3 aromatic rings. The minimum Gasteiger partial charge on any atom is -0.351 e. The Kier molecular flexibility index (Phi) is 5.64. The zero-order valence-corrected chi connectivity index (χ0v) is 16.7. The van der Waals surface area contributed by atoms with Crippen LogP contribution < -0.4 is 10.9 Å². The van der Waals surface area contributed by atoms with Crippen LogP contribution in [0.15, 0.2) is 35.1 Å². The highest BCUT2D eigenvalue weighted by atomic mass is 35.5. The number of hydrogen-bond donors (Lipinski definition) is 2. The van der Waals surface area contributed by atoms with Crippen LogP contribution in [0.4, 0.5) is 5.95 Å². The molecule has 0 saturated carbocycles. The van der Waals surface area contributed by atoms with Gasteiger partial charge in [0.1, 0.15) is 0 Å². The highest BCUT2D eigenvalue weighted by Crippen LogP contribution is 2.21. The third-order valence-corrected chi connectivity index (χ3v) is 5.59. The van der Waals surface area contributed by atoms with Gasteiger partial charge in [-0.15, -0.1) is 0 Å². The van der Waals surface area contributed by atoms with Crippen LogP contribution in [0, 0.1) is 0 Å². The lowest BCUT2D eigenvalue weighted by Gasteiger charge is -2.34. The zero-order chi connectivity index (χ0) is 19.5. The minimum absolute atomic E-state index is 0.142. The summed E-state index contributed by atoms with van der Waals surface area (Å²) in [5.74, 6) is 0.910. The number of aromatic nitrogens is 4. The molecule has 2 aromatic heterocycles. The summed E-state index contributed by atoms with van der Waals surface area (Å²) in [5, 5.41) is 6.87. The molecule has 28 heavy (non-hydrogen) atoms. The van der Waals surface area contributed by atoms with E-state index in [-0.39, 0.29) is 5.56 Å². The number of benzene rings is 1. The van der Waals surface area contributed by atoms with Gasteiger partial charge in [0.05, 0.1) is 5.69 Å². The van der Waals surface area contributed by atoms with Crippen LogP contribution in [0.2, 0.25) is 5.02 Å². The van der Waals surface area contributed by atoms with Crippen molar-refractivity contribution in [3.63, 3.8) is 0 Å². The molecule has 7 nitrogen and oxygen atoms in total. The van der Waals surface area contributed by atoms with Crippen LogP contribution in [-0.2, 0) is 13.1 Å². The van der Waals surface area contributed by atoms with Crippen molar-refractivity contribution in [2.45, 2.75) is 51.7 Å². The van der Waals surface area contributed by atoms with Gasteiger partial charge in [0.2, 0.25) is 5.95 Å². The third kappa shape index (κ3) is 4.20. The number of anilines is 1. The number of nitrogens with zero attached hydrogens (tertiary/aromatic N) is 4. The summed E-state index contributed by atoms with van der Waals surface area (Å²) < 4.78 is 1.38. The molecule has 1 unspecified atom stereocenters. The van der Waals surface area contributed by atoms with E-state index in [2.05, 4.69) is 32.2 Å². The second-order valence-electron chi connectivity index (χ2n) is 7.30. The maximum atomic E-state index is 12.5. The highest BCUT2D eigenvalue weighted by molar-refractivity contribution is 6.30. The largest absolute Gasteiger partial charge is 0.351 e. The van der Waals surface area contributed by atoms with Crippen molar-refractivity contribution in [3.05, 3.63) is 57.0 Å². The molecule has 0 amide bonds. The van der Waals surface area contributed by atoms with Crippen molar-refractivity contribution >= 4 is 23.3 Å². The second kappa shape index (κ2) is 8.32. The SMILES string of the molecule is CCC1CCCCN1Cc1cc(=O)n2[nH]c(NCc3ccc(Cl)cc3)nc2n1. The molecule has 1 saturated heterocycles. The standard InChI is InChI=1S/C20H25ClN6O/c1-2-17-5-3-4-10-26(17)13-16-11-18(28)27-20(23-16)24-19(25-27)22-12-14-6-8-15(21)9-7-14/h6-9,11,17H,2-5,10,12-13H2,1H3,(H2,22,23,24,25). The number of nitrogens with one attached hydrogen (secondary N) is 2. The summed E-state index contributed by atoms with van der Waals surface area (Å²) in [6.45, 7) is 4.56. The number of hydrogen-bond acceptors (Lipinski definition) is 5. The Labute approximate surface area is 168 Å². The van der Waals surface area contributed by atoms with E-state index in [9.17, 15) is 4.79 Å². The first-order valence-electron chi connectivity index (χ1n) is 9.83. The Balaban J connectivity index is 1.50. The number of rotatable bonds is 6. The van der Waals surface area contributed by atoms with Crippen LogP contribution >= 0.6 is 11.6 Å². The number of halogens is 1. The molecule has 0 spiro atoms. The lowest BCUT2D eigenvalue weighted by molar-refractivity contribution is 0.134. The van der Waals surface area contributed by atoms with Gasteiger partial charge in [0, 0.05) is 30.2 Å². The summed E-state index contributed by atoms with van der Waals surface area (Å²) in [6.07, 6.45) is 4.84. The van der Waals surface area contributed by atoms with Gasteiger partial charge < -0.3 is 5.32 Å². The van der Waals surface area contributed by atoms with E-state index >= 15 is 0 Å². The summed E-state index contributed by atoms with van der Waals surface area (Å²) in [4.78, 5) is 24.0. The van der Waals surface area contributed by atoms with Gasteiger partial charge in [0.25, 0.3) is 11.3 Å². The molecular formula is C20H25ClN6O. The molecule has 2 N–H and O–H groups in total. The maximum Gasteiger partial charge on any atom is 0.274 e. The molecule has 1 aliphatic heterocycles. The van der Waals surface area contributed by atoms with Crippen LogP contribution in [0.25, 0.3) is 5.78 Å². The van der Waals surface area contributed by atoms with Crippen molar-refractivity contribution in [1.82, 2.24) is 24.5 Å². The Morgan fingerprint density at radius 3 is 2.86 bits per heavy atom. The normalized spacial score (nSPS) is 17.9. The van der Waals surface area contributed by atoms with Gasteiger partial charge in [-0.25, -0.2) is 4.98 Å². The van der Waals surface area contributed by atoms with Crippen LogP contribution in [0.5, 0.6) is 0 Å². The van der Waals surface area contributed by atoms with Gasteiger partial charge in [-0.2, -0.15) is 9.50 Å². The zero-order valence-electron chi connectivity index (χ0n) is 16.0. The van der Waals surface area contributed by atoms with Gasteiger partial charge in [0.15, 0.2) is 0 Å². The topological polar surface area (TPSA) is 78.3 Å². The van der Waals surface area contributed by atoms with Crippen molar-refractivity contribution < 1.29 is 0 Å². The summed E-state index contributed by atoms with van der Waals surface area (Å²) >= 11 is 5.91. The third-order valence-electron chi connectivity index (χ3n) is 5.34. The fourth-order valence-corrected chi connectivity index (χ4v) is 3.94. The molecule has 8 heteroatoms. The molecule has 1 atom stereocenters. The highest BCUT2D eigenvalue weighted by Gasteiger charge is 2.21. The van der Waals surface area contributed by atoms with Crippen molar-refractivity contribution in [1.29, 1.82) is 0 Å². The molecule has 0 aliphatic carbocycles. The van der Waals surface area contributed by atoms with Crippen LogP contribution in [0.3, 0.4) is 0 Å². The van der Waals surface area contributed by atoms with Crippen molar-refractivity contribution in [2.75, 3.05) is 11.9 Å². The Morgan fingerprint density at radius 2 is 2.07 bits per heavy atom. The first kappa shape index (κ1) is 19.0. The monoisotopic (exact) mass is 400 g/mol. The smallest absolute Gasteiger partial charge is 0.274 e. The predicted molar refractivity (Wildman–Crippen MR) is 111 cm³/mol. The number of aromatic amines is 1. The molecule has 1 aliphatic rings. The summed E-state index contributed by atoms with van der Waals surface area (Å²) in [6, 6.07) is 9.77. The molecule has 148 valence electrons. The van der Waals surface area contributed by atoms with E-state index in [0.29, 0.717) is 35.9 Å². The number of fused-ring (bicyclic) bond motifs is 1. The lowest BCUT2D eigenvalue weighted by Crippen LogP contribution is -2.39. The summed E-state index contributed by atoms with van der Waals surface area (Å²) in [5.41, 5.74) is 1.71. The van der Waals surface area contributed by atoms with E-state index in [4.69, 9.17) is 11.6 Å². The minimum atomic E-state index is -0.142. The van der Waals surface area contributed by atoms with E-state index in [1.165, 1.54) is 23.8 Å². The van der Waals surface area contributed by atoms with Crippen molar-refractivity contribution in [3.8, 4) is 0 Å². The Hall–Kier alpha value is -2.38. The van der Waals surface area contributed by atoms with E-state index in [1.807, 2.05) is 24.3 Å². The van der Waals surface area contributed by atoms with Gasteiger partial charge in [-0.05, 0) is 43.5 Å². The number of likely N-dealkylation sites (tertiary alicyclic amines) is 1. The maximum absolute atomic E-state index is 12.5. The molecule has 3 heterocycles. The average Bonchev–Trinajstić information content (AvgIpc) is 3.12. The lowest BCUT2D eigenvalue weighted by atomic mass is 10.00. The average molecular weight is 401 g/mol. The van der Waals surface area contributed by atoms with E-state index in [0.717, 1.165) is 24.2 Å². The van der Waals surface area contributed by atoms with Crippen LogP contribution in [-0.4, -0.2) is 37.1 Å². The summed E-state index contributed by atoms with van der Waals surface area (Å²) in [7, 11) is 0. The first-order valence-corrected chi connectivity index (χ1v) is 10.2. The van der Waals surface area contributed by atoms with Gasteiger partial charge >= 0.3 is 0 Å². The number of H-pyrrole nitrogens is 1. The van der Waals surface area contributed by atoms with E-state index in [1.54, 1.807) is 6.07 Å². The number of piperidine rings is 1. The van der Waals surface area contributed by atoms with E-state index < -0.39 is 0 Å². The molecule has 1 aromatic carbocycles. The molecule has 0 bridgehead atoms. The fraction of sp³-hybridized carbons (Fsp3) is 0.450. The first-order chi connectivity index (χ1) is 13.6. The van der Waals surface area contributed by atoms with Crippen molar-refractivity contribution in [2.24, 2.45) is 0 Å². The van der Waals surface area contributed by atoms with Crippen LogP contribution in [0.1, 0.15) is 43.9 Å². The predicted octanol–water partition coefficient (Wildman–Crippen LogP) is 3.45. The molecular weight excluding hydrogens is 376 g/mol. The molecule has 0 radical (unpaired) electrons. The van der Waals surface area contributed by atoms with Gasteiger partial charge in [-0.3, -0.25) is 14.8 Å².